The van der Waals surface area contributed by atoms with Crippen LogP contribution in [0.3, 0.4) is 0 Å². The third-order valence-electron chi connectivity index (χ3n) is 3.06. The van der Waals surface area contributed by atoms with Crippen LogP contribution in [0.4, 0.5) is 13.6 Å². The van der Waals surface area contributed by atoms with Gasteiger partial charge in [-0.1, -0.05) is 0 Å². The van der Waals surface area contributed by atoms with Gasteiger partial charge in [0, 0.05) is 18.2 Å². The van der Waals surface area contributed by atoms with E-state index in [1.165, 1.54) is 7.11 Å². The zero-order valence-corrected chi connectivity index (χ0v) is 14.1. The van der Waals surface area contributed by atoms with Crippen molar-refractivity contribution in [2.75, 3.05) is 13.7 Å². The highest BCUT2D eigenvalue weighted by Crippen LogP contribution is 2.30. The Morgan fingerprint density at radius 3 is 2.38 bits per heavy atom. The van der Waals surface area contributed by atoms with E-state index in [2.05, 4.69) is 5.32 Å². The van der Waals surface area contributed by atoms with Crippen LogP contribution in [0.25, 0.3) is 0 Å². The Labute approximate surface area is 139 Å². The van der Waals surface area contributed by atoms with Gasteiger partial charge < -0.3 is 25.0 Å². The van der Waals surface area contributed by atoms with Crippen molar-refractivity contribution < 1.29 is 33.3 Å². The predicted molar refractivity (Wildman–Crippen MR) is 82.7 cm³/mol. The van der Waals surface area contributed by atoms with Gasteiger partial charge in [-0.15, -0.1) is 0 Å². The Bertz CT molecular complexity index is 574. The molecule has 0 saturated heterocycles. The zero-order chi connectivity index (χ0) is 18.5. The number of aliphatic hydroxyl groups is 2. The number of halogens is 2. The lowest BCUT2D eigenvalue weighted by Gasteiger charge is -2.22. The predicted octanol–water partition coefficient (Wildman–Crippen LogP) is 2.28. The summed E-state index contributed by atoms with van der Waals surface area (Å²) in [6, 6.07) is 1.56. The van der Waals surface area contributed by atoms with Crippen molar-refractivity contribution in [3.63, 3.8) is 0 Å². The molecule has 0 spiro atoms. The van der Waals surface area contributed by atoms with Gasteiger partial charge in [0.05, 0.1) is 13.2 Å². The van der Waals surface area contributed by atoms with Gasteiger partial charge in [0.15, 0.2) is 11.6 Å². The minimum absolute atomic E-state index is 0.0252. The quantitative estimate of drug-likeness (QED) is 0.735. The normalized spacial score (nSPS) is 14.0. The summed E-state index contributed by atoms with van der Waals surface area (Å²) in [7, 11) is 1.24. The number of aliphatic hydroxyl groups excluding tert-OH is 2. The molecule has 1 aromatic rings. The lowest BCUT2D eigenvalue weighted by Crippen LogP contribution is -2.34. The van der Waals surface area contributed by atoms with Crippen molar-refractivity contribution in [3.05, 3.63) is 29.3 Å². The second-order valence-corrected chi connectivity index (χ2v) is 6.24. The second kappa shape index (κ2) is 8.25. The number of amides is 1. The molecule has 6 nitrogen and oxygen atoms in total. The Kier molecular flexibility index (Phi) is 6.92. The molecule has 0 saturated carbocycles. The Hall–Kier alpha value is -1.93. The number of rotatable bonds is 6. The van der Waals surface area contributed by atoms with Gasteiger partial charge in [0.2, 0.25) is 0 Å². The second-order valence-electron chi connectivity index (χ2n) is 6.24. The van der Waals surface area contributed by atoms with Gasteiger partial charge in [0.25, 0.3) is 0 Å². The maximum atomic E-state index is 13.3. The molecule has 8 heteroatoms. The topological polar surface area (TPSA) is 88.0 Å². The van der Waals surface area contributed by atoms with Crippen LogP contribution in [0.2, 0.25) is 0 Å². The molecule has 0 aromatic heterocycles. The number of methoxy groups -OCH3 is 1. The van der Waals surface area contributed by atoms with E-state index in [0.29, 0.717) is 0 Å². The first kappa shape index (κ1) is 20.1. The van der Waals surface area contributed by atoms with Gasteiger partial charge >= 0.3 is 6.09 Å². The fourth-order valence-corrected chi connectivity index (χ4v) is 1.95. The molecule has 1 rings (SSSR count). The van der Waals surface area contributed by atoms with Crippen LogP contribution in [-0.2, 0) is 4.74 Å². The van der Waals surface area contributed by atoms with E-state index in [9.17, 15) is 23.8 Å². The van der Waals surface area contributed by atoms with Crippen molar-refractivity contribution in [2.45, 2.75) is 45.0 Å². The Morgan fingerprint density at radius 2 is 1.83 bits per heavy atom. The first-order chi connectivity index (χ1) is 11.0. The Morgan fingerprint density at radius 1 is 1.25 bits per heavy atom. The van der Waals surface area contributed by atoms with E-state index in [1.54, 1.807) is 20.8 Å². The summed E-state index contributed by atoms with van der Waals surface area (Å²) in [5, 5.41) is 22.5. The smallest absolute Gasteiger partial charge is 0.407 e. The van der Waals surface area contributed by atoms with Crippen molar-refractivity contribution in [1.29, 1.82) is 0 Å². The summed E-state index contributed by atoms with van der Waals surface area (Å²) in [5.74, 6) is -2.37. The minimum atomic E-state index is -1.50. The van der Waals surface area contributed by atoms with Crippen molar-refractivity contribution >= 4 is 6.09 Å². The minimum Gasteiger partial charge on any atom is -0.496 e. The molecule has 1 amide bonds. The van der Waals surface area contributed by atoms with E-state index in [-0.39, 0.29) is 24.3 Å². The van der Waals surface area contributed by atoms with Crippen LogP contribution in [0.1, 0.15) is 38.9 Å². The summed E-state index contributed by atoms with van der Waals surface area (Å²) in [6.07, 6.45) is -3.51. The molecule has 0 radical (unpaired) electrons. The number of ether oxygens (including phenoxy) is 2. The molecule has 2 unspecified atom stereocenters. The average Bonchev–Trinajstić information content (AvgIpc) is 2.46. The molecule has 136 valence electrons. The molecule has 3 N–H and O–H groups in total. The van der Waals surface area contributed by atoms with E-state index in [1.807, 2.05) is 0 Å². The largest absolute Gasteiger partial charge is 0.496 e. The number of benzene rings is 1. The molecule has 0 heterocycles. The molecule has 0 aliphatic heterocycles. The monoisotopic (exact) mass is 347 g/mol. The van der Waals surface area contributed by atoms with E-state index >= 15 is 0 Å². The molecule has 0 bridgehead atoms. The van der Waals surface area contributed by atoms with Crippen molar-refractivity contribution in [3.8, 4) is 5.75 Å². The zero-order valence-electron chi connectivity index (χ0n) is 14.1. The summed E-state index contributed by atoms with van der Waals surface area (Å²) < 4.78 is 36.4. The van der Waals surface area contributed by atoms with Crippen LogP contribution < -0.4 is 10.1 Å². The molecule has 24 heavy (non-hydrogen) atoms. The van der Waals surface area contributed by atoms with Crippen LogP contribution >= 0.6 is 0 Å². The maximum Gasteiger partial charge on any atom is 0.407 e. The molecular weight excluding hydrogens is 324 g/mol. The number of hydrogen-bond acceptors (Lipinski definition) is 5. The standard InChI is InChI=1S/C16H23F2NO5/c1-16(2,3)24-15(22)19-6-5-12(20)14(21)9-7-10(17)11(18)8-13(9)23-4/h7-8,12,14,20-21H,5-6H2,1-4H3,(H,19,22). The van der Waals surface area contributed by atoms with E-state index in [0.717, 1.165) is 12.1 Å². The number of alkyl carbamates (subject to hydrolysis) is 1. The van der Waals surface area contributed by atoms with Crippen LogP contribution in [-0.4, -0.2) is 41.7 Å². The van der Waals surface area contributed by atoms with Crippen molar-refractivity contribution in [1.82, 2.24) is 5.32 Å². The number of nitrogens with one attached hydrogen (secondary N) is 1. The van der Waals surface area contributed by atoms with Gasteiger partial charge in [-0.05, 0) is 33.3 Å². The molecule has 1 aromatic carbocycles. The summed E-state index contributed by atoms with van der Waals surface area (Å²) >= 11 is 0. The van der Waals surface area contributed by atoms with E-state index < -0.39 is 35.5 Å². The molecule has 0 fully saturated rings. The third kappa shape index (κ3) is 5.93. The van der Waals surface area contributed by atoms with Gasteiger partial charge in [-0.25, -0.2) is 13.6 Å². The molecular formula is C16H23F2NO5. The van der Waals surface area contributed by atoms with Gasteiger partial charge in [0.1, 0.15) is 17.5 Å². The molecule has 2 atom stereocenters. The SMILES string of the molecule is COc1cc(F)c(F)cc1C(O)C(O)CCNC(=O)OC(C)(C)C. The van der Waals surface area contributed by atoms with E-state index in [4.69, 9.17) is 9.47 Å². The first-order valence-corrected chi connectivity index (χ1v) is 7.41. The first-order valence-electron chi connectivity index (χ1n) is 7.41. The lowest BCUT2D eigenvalue weighted by molar-refractivity contribution is 0.0108. The van der Waals surface area contributed by atoms with Crippen LogP contribution in [0.15, 0.2) is 12.1 Å². The summed E-state index contributed by atoms with van der Waals surface area (Å²) in [6.45, 7) is 5.15. The molecule has 0 aliphatic rings. The number of hydrogen-bond donors (Lipinski definition) is 3. The number of carbonyl (C=O) groups excluding carboxylic acids is 1. The van der Waals surface area contributed by atoms with Crippen LogP contribution in [0.5, 0.6) is 5.75 Å². The number of carbonyl (C=O) groups is 1. The highest BCUT2D eigenvalue weighted by Gasteiger charge is 2.24. The highest BCUT2D eigenvalue weighted by atomic mass is 19.2. The van der Waals surface area contributed by atoms with Gasteiger partial charge in [-0.3, -0.25) is 0 Å². The average molecular weight is 347 g/mol. The molecule has 0 aliphatic carbocycles. The third-order valence-corrected chi connectivity index (χ3v) is 3.06. The maximum absolute atomic E-state index is 13.3. The van der Waals surface area contributed by atoms with Gasteiger partial charge in [-0.2, -0.15) is 0 Å². The van der Waals surface area contributed by atoms with Crippen LogP contribution in [0, 0.1) is 11.6 Å². The highest BCUT2D eigenvalue weighted by molar-refractivity contribution is 5.67. The fraction of sp³-hybridized carbons (Fsp3) is 0.562. The summed E-state index contributed by atoms with van der Waals surface area (Å²) in [5.41, 5.74) is -0.734. The lowest BCUT2D eigenvalue weighted by atomic mass is 10.0. The summed E-state index contributed by atoms with van der Waals surface area (Å²) in [4.78, 5) is 11.5. The Balaban J connectivity index is 2.64. The van der Waals surface area contributed by atoms with Crippen molar-refractivity contribution in [2.24, 2.45) is 0 Å². The fourth-order valence-electron chi connectivity index (χ4n) is 1.95.